The molecule has 4 amide bonds. The van der Waals surface area contributed by atoms with Gasteiger partial charge in [0.15, 0.2) is 0 Å². The Bertz CT molecular complexity index is 714. The fourth-order valence-corrected chi connectivity index (χ4v) is 3.95. The molecule has 3 fully saturated rings. The van der Waals surface area contributed by atoms with Crippen LogP contribution in [-0.2, 0) is 16.6 Å². The monoisotopic (exact) mass is 317 g/mol. The number of aryl methyl sites for hydroxylation is 1. The summed E-state index contributed by atoms with van der Waals surface area (Å²) in [7, 11) is 1.78. The summed E-state index contributed by atoms with van der Waals surface area (Å²) in [6.45, 7) is 2.88. The molecule has 4 rings (SSSR count). The third-order valence-corrected chi connectivity index (χ3v) is 5.25. The number of carbonyl (C=O) groups excluding carboxylic acids is 3. The van der Waals surface area contributed by atoms with Crippen molar-refractivity contribution in [2.24, 2.45) is 7.05 Å². The number of fused-ring (bicyclic) bond motifs is 1. The van der Waals surface area contributed by atoms with Gasteiger partial charge in [-0.15, -0.1) is 0 Å². The van der Waals surface area contributed by atoms with E-state index in [9.17, 15) is 14.4 Å². The summed E-state index contributed by atoms with van der Waals surface area (Å²) in [6, 6.07) is -1.01. The van der Waals surface area contributed by atoms with E-state index >= 15 is 0 Å². The number of imide groups is 1. The molecule has 23 heavy (non-hydrogen) atoms. The number of rotatable bonds is 2. The molecule has 0 spiro atoms. The fraction of sp³-hybridized carbons (Fsp3) is 0.600. The first-order chi connectivity index (χ1) is 10.9. The predicted octanol–water partition coefficient (Wildman–Crippen LogP) is 0.342. The Hall–Kier alpha value is -2.38. The molecule has 2 unspecified atom stereocenters. The highest BCUT2D eigenvalue weighted by atomic mass is 16.2. The molecule has 0 saturated carbocycles. The highest BCUT2D eigenvalue weighted by molar-refractivity contribution is 6.12. The highest BCUT2D eigenvalue weighted by Crippen LogP contribution is 2.39. The third kappa shape index (κ3) is 1.77. The lowest BCUT2D eigenvalue weighted by Crippen LogP contribution is -2.47. The molecule has 0 radical (unpaired) electrons. The van der Waals surface area contributed by atoms with Gasteiger partial charge in [0, 0.05) is 26.3 Å². The van der Waals surface area contributed by atoms with Crippen LogP contribution in [0.25, 0.3) is 0 Å². The van der Waals surface area contributed by atoms with Gasteiger partial charge in [0.2, 0.25) is 0 Å². The van der Waals surface area contributed by atoms with Crippen LogP contribution in [-0.4, -0.2) is 62.1 Å². The number of aromatic nitrogens is 2. The van der Waals surface area contributed by atoms with E-state index in [0.29, 0.717) is 31.6 Å². The molecule has 3 saturated heterocycles. The van der Waals surface area contributed by atoms with Crippen LogP contribution in [0, 0.1) is 0 Å². The molecule has 8 nitrogen and oxygen atoms in total. The highest BCUT2D eigenvalue weighted by Gasteiger charge is 2.60. The van der Waals surface area contributed by atoms with Gasteiger partial charge in [-0.05, 0) is 26.2 Å². The molecule has 0 N–H and O–H groups in total. The van der Waals surface area contributed by atoms with E-state index < -0.39 is 11.6 Å². The van der Waals surface area contributed by atoms with E-state index in [1.54, 1.807) is 40.8 Å². The van der Waals surface area contributed by atoms with Gasteiger partial charge in [-0.25, -0.2) is 9.69 Å². The second kappa shape index (κ2) is 4.56. The molecule has 8 heteroatoms. The average Bonchev–Trinajstić information content (AvgIpc) is 3.22. The lowest BCUT2D eigenvalue weighted by Gasteiger charge is -2.22. The first-order valence-electron chi connectivity index (χ1n) is 7.89. The minimum Gasteiger partial charge on any atom is -0.310 e. The van der Waals surface area contributed by atoms with Gasteiger partial charge >= 0.3 is 6.03 Å². The zero-order valence-corrected chi connectivity index (χ0v) is 13.2. The number of hydrogen-bond acceptors (Lipinski definition) is 4. The van der Waals surface area contributed by atoms with Crippen molar-refractivity contribution in [2.75, 3.05) is 18.0 Å². The first-order valence-corrected chi connectivity index (χ1v) is 7.89. The molecular formula is C15H19N5O3. The lowest BCUT2D eigenvalue weighted by atomic mass is 9.99. The van der Waals surface area contributed by atoms with Crippen molar-refractivity contribution in [1.29, 1.82) is 0 Å². The molecule has 1 aromatic heterocycles. The van der Waals surface area contributed by atoms with Crippen LogP contribution >= 0.6 is 0 Å². The number of urea groups is 1. The van der Waals surface area contributed by atoms with Crippen LogP contribution in [0.5, 0.6) is 0 Å². The van der Waals surface area contributed by atoms with Crippen molar-refractivity contribution in [3.63, 3.8) is 0 Å². The van der Waals surface area contributed by atoms with Gasteiger partial charge in [-0.3, -0.25) is 14.3 Å². The van der Waals surface area contributed by atoms with Crippen molar-refractivity contribution in [2.45, 2.75) is 37.8 Å². The quantitative estimate of drug-likeness (QED) is 0.737. The van der Waals surface area contributed by atoms with E-state index in [2.05, 4.69) is 5.10 Å². The summed E-state index contributed by atoms with van der Waals surface area (Å²) in [5.41, 5.74) is -0.0650. The summed E-state index contributed by atoms with van der Waals surface area (Å²) >= 11 is 0. The summed E-state index contributed by atoms with van der Waals surface area (Å²) in [5.74, 6) is -0.434. The van der Waals surface area contributed by atoms with Crippen molar-refractivity contribution in [3.05, 3.63) is 12.4 Å². The Kier molecular flexibility index (Phi) is 2.82. The van der Waals surface area contributed by atoms with E-state index in [-0.39, 0.29) is 17.8 Å². The maximum Gasteiger partial charge on any atom is 0.328 e. The first kappa shape index (κ1) is 14.2. The maximum atomic E-state index is 12.8. The number of carbonyl (C=O) groups is 3. The smallest absolute Gasteiger partial charge is 0.310 e. The second-order valence-corrected chi connectivity index (χ2v) is 6.65. The largest absolute Gasteiger partial charge is 0.328 e. The van der Waals surface area contributed by atoms with Gasteiger partial charge in [0.05, 0.1) is 11.9 Å². The van der Waals surface area contributed by atoms with Crippen molar-refractivity contribution >= 4 is 23.5 Å². The standard InChI is InChI=1S/C15H19N5O3/c1-15-5-3-6-19(15)14(23)20(13(15)22)11-4-7-18(12(11)21)10-8-16-17(2)9-10/h8-9,11H,3-7H2,1-2H3. The molecule has 0 aliphatic carbocycles. The Morgan fingerprint density at radius 3 is 2.70 bits per heavy atom. The van der Waals surface area contributed by atoms with E-state index in [4.69, 9.17) is 0 Å². The number of amides is 4. The minimum atomic E-state index is -0.765. The van der Waals surface area contributed by atoms with E-state index in [1.165, 1.54) is 4.90 Å². The Morgan fingerprint density at radius 2 is 2.04 bits per heavy atom. The number of anilines is 1. The summed E-state index contributed by atoms with van der Waals surface area (Å²) in [6.07, 6.45) is 5.35. The number of nitrogens with zero attached hydrogens (tertiary/aromatic N) is 5. The van der Waals surface area contributed by atoms with E-state index in [1.807, 2.05) is 0 Å². The Labute approximate surface area is 133 Å². The topological polar surface area (TPSA) is 78.8 Å². The summed E-state index contributed by atoms with van der Waals surface area (Å²) < 4.78 is 1.62. The number of hydrogen-bond donors (Lipinski definition) is 0. The summed E-state index contributed by atoms with van der Waals surface area (Å²) in [4.78, 5) is 42.6. The van der Waals surface area contributed by atoms with Gasteiger partial charge in [-0.1, -0.05) is 0 Å². The molecule has 4 heterocycles. The van der Waals surface area contributed by atoms with Crippen LogP contribution in [0.3, 0.4) is 0 Å². The van der Waals surface area contributed by atoms with Crippen LogP contribution in [0.4, 0.5) is 10.5 Å². The molecule has 0 aromatic carbocycles. The van der Waals surface area contributed by atoms with Crippen molar-refractivity contribution in [1.82, 2.24) is 19.6 Å². The zero-order chi connectivity index (χ0) is 16.4. The average molecular weight is 317 g/mol. The Morgan fingerprint density at radius 1 is 1.26 bits per heavy atom. The maximum absolute atomic E-state index is 12.8. The zero-order valence-electron chi connectivity index (χ0n) is 13.2. The molecule has 122 valence electrons. The van der Waals surface area contributed by atoms with Crippen molar-refractivity contribution < 1.29 is 14.4 Å². The van der Waals surface area contributed by atoms with Gasteiger partial charge in [0.1, 0.15) is 11.6 Å². The van der Waals surface area contributed by atoms with Gasteiger partial charge < -0.3 is 9.80 Å². The van der Waals surface area contributed by atoms with Crippen LogP contribution < -0.4 is 4.90 Å². The molecular weight excluding hydrogens is 298 g/mol. The molecule has 2 atom stereocenters. The molecule has 1 aromatic rings. The SMILES string of the molecule is Cn1cc(N2CCC(N3C(=O)N4CCCC4(C)C3=O)C2=O)cn1. The van der Waals surface area contributed by atoms with Crippen LogP contribution in [0.2, 0.25) is 0 Å². The molecule has 0 bridgehead atoms. The van der Waals surface area contributed by atoms with Crippen LogP contribution in [0.1, 0.15) is 26.2 Å². The minimum absolute atomic E-state index is 0.204. The molecule has 3 aliphatic rings. The predicted molar refractivity (Wildman–Crippen MR) is 80.6 cm³/mol. The Balaban J connectivity index is 1.61. The van der Waals surface area contributed by atoms with E-state index in [0.717, 1.165) is 6.42 Å². The van der Waals surface area contributed by atoms with Gasteiger partial charge in [0.25, 0.3) is 11.8 Å². The third-order valence-electron chi connectivity index (χ3n) is 5.25. The normalized spacial score (nSPS) is 30.8. The summed E-state index contributed by atoms with van der Waals surface area (Å²) in [5, 5.41) is 4.07. The fourth-order valence-electron chi connectivity index (χ4n) is 3.95. The van der Waals surface area contributed by atoms with Crippen molar-refractivity contribution in [3.8, 4) is 0 Å². The lowest BCUT2D eigenvalue weighted by molar-refractivity contribution is -0.136. The molecule has 3 aliphatic heterocycles. The van der Waals surface area contributed by atoms with Gasteiger partial charge in [-0.2, -0.15) is 5.10 Å². The second-order valence-electron chi connectivity index (χ2n) is 6.65. The van der Waals surface area contributed by atoms with Crippen LogP contribution in [0.15, 0.2) is 12.4 Å².